The molecule has 0 saturated heterocycles. The lowest BCUT2D eigenvalue weighted by atomic mass is 9.98. The summed E-state index contributed by atoms with van der Waals surface area (Å²) in [4.78, 5) is 28.6. The number of carbonyl (C=O) groups is 1. The fourth-order valence-electron chi connectivity index (χ4n) is 4.17. The van der Waals surface area contributed by atoms with Gasteiger partial charge in [0, 0.05) is 6.54 Å². The highest BCUT2D eigenvalue weighted by atomic mass is 16.5. The van der Waals surface area contributed by atoms with E-state index in [2.05, 4.69) is 0 Å². The molecule has 2 heterocycles. The number of amides is 1. The molecule has 1 aliphatic heterocycles. The van der Waals surface area contributed by atoms with Gasteiger partial charge in [0.25, 0.3) is 5.91 Å². The van der Waals surface area contributed by atoms with Gasteiger partial charge in [0.15, 0.2) is 5.43 Å². The number of hydrogen-bond donors (Lipinski definition) is 0. The van der Waals surface area contributed by atoms with Crippen LogP contribution in [0, 0.1) is 0 Å². The molecule has 1 unspecified atom stereocenters. The molecule has 5 nitrogen and oxygen atoms in total. The van der Waals surface area contributed by atoms with Crippen LogP contribution in [0.25, 0.3) is 11.0 Å². The van der Waals surface area contributed by atoms with Gasteiger partial charge in [0.05, 0.1) is 23.6 Å². The molecule has 0 fully saturated rings. The van der Waals surface area contributed by atoms with Gasteiger partial charge < -0.3 is 14.1 Å². The number of nitrogens with zero attached hydrogens (tertiary/aromatic N) is 1. The first-order chi connectivity index (χ1) is 15.2. The van der Waals surface area contributed by atoms with Gasteiger partial charge in [-0.15, -0.1) is 0 Å². The topological polar surface area (TPSA) is 59.8 Å². The first-order valence-electron chi connectivity index (χ1n) is 10.3. The van der Waals surface area contributed by atoms with Gasteiger partial charge >= 0.3 is 0 Å². The molecule has 1 amide bonds. The molecule has 5 rings (SSSR count). The molecule has 0 spiro atoms. The second-order valence-corrected chi connectivity index (χ2v) is 7.49. The largest absolute Gasteiger partial charge is 0.494 e. The molecular formula is C26H21NO4. The van der Waals surface area contributed by atoms with Crippen LogP contribution >= 0.6 is 0 Å². The van der Waals surface area contributed by atoms with E-state index in [0.717, 1.165) is 16.9 Å². The Morgan fingerprint density at radius 3 is 2.35 bits per heavy atom. The Balaban J connectivity index is 1.68. The minimum Gasteiger partial charge on any atom is -0.494 e. The lowest BCUT2D eigenvalue weighted by molar-refractivity contribution is 0.0714. The highest BCUT2D eigenvalue weighted by Crippen LogP contribution is 2.39. The molecule has 5 heteroatoms. The minimum atomic E-state index is -0.528. The van der Waals surface area contributed by atoms with Crippen LogP contribution in [0.1, 0.15) is 40.2 Å². The van der Waals surface area contributed by atoms with Gasteiger partial charge in [-0.05, 0) is 42.3 Å². The number of para-hydroxylation sites is 1. The molecule has 4 aromatic rings. The normalized spacial score (nSPS) is 15.3. The number of benzene rings is 3. The predicted molar refractivity (Wildman–Crippen MR) is 118 cm³/mol. The molecule has 0 bridgehead atoms. The van der Waals surface area contributed by atoms with Crippen molar-refractivity contribution >= 4 is 16.9 Å². The van der Waals surface area contributed by atoms with E-state index in [1.807, 2.05) is 61.5 Å². The van der Waals surface area contributed by atoms with E-state index in [1.54, 1.807) is 29.2 Å². The van der Waals surface area contributed by atoms with Crippen molar-refractivity contribution in [2.24, 2.45) is 0 Å². The molecule has 0 N–H and O–H groups in total. The molecule has 0 saturated carbocycles. The zero-order valence-electron chi connectivity index (χ0n) is 17.1. The van der Waals surface area contributed by atoms with Crippen molar-refractivity contribution in [1.29, 1.82) is 0 Å². The van der Waals surface area contributed by atoms with E-state index in [-0.39, 0.29) is 17.1 Å². The summed E-state index contributed by atoms with van der Waals surface area (Å²) in [5.41, 5.74) is 2.47. The van der Waals surface area contributed by atoms with Crippen LogP contribution in [-0.4, -0.2) is 17.4 Å². The number of rotatable bonds is 5. The van der Waals surface area contributed by atoms with Crippen LogP contribution in [0.2, 0.25) is 0 Å². The Hall–Kier alpha value is -3.86. The van der Waals surface area contributed by atoms with Crippen molar-refractivity contribution in [1.82, 2.24) is 4.90 Å². The second-order valence-electron chi connectivity index (χ2n) is 7.49. The van der Waals surface area contributed by atoms with Gasteiger partial charge in [0.2, 0.25) is 5.76 Å². The van der Waals surface area contributed by atoms with E-state index < -0.39 is 6.04 Å². The summed E-state index contributed by atoms with van der Waals surface area (Å²) >= 11 is 0. The maximum atomic E-state index is 13.5. The number of ether oxygens (including phenoxy) is 1. The highest BCUT2D eigenvalue weighted by molar-refractivity contribution is 5.99. The molecule has 1 aromatic heterocycles. The van der Waals surface area contributed by atoms with Gasteiger partial charge in [0.1, 0.15) is 11.3 Å². The zero-order valence-corrected chi connectivity index (χ0v) is 17.1. The minimum absolute atomic E-state index is 0.124. The standard InChI is InChI=1S/C26H21NO4/c1-2-30-19-14-12-18(13-15-19)23-22-24(28)20-10-6-7-11-21(20)31-25(22)26(29)27(23)16-17-8-4-3-5-9-17/h3-15,23H,2,16H2,1H3. The number of carbonyl (C=O) groups excluding carboxylic acids is 1. The molecule has 3 aromatic carbocycles. The maximum Gasteiger partial charge on any atom is 0.291 e. The molecule has 1 aliphatic rings. The third-order valence-electron chi connectivity index (χ3n) is 5.58. The van der Waals surface area contributed by atoms with Crippen molar-refractivity contribution in [3.05, 3.63) is 112 Å². The summed E-state index contributed by atoms with van der Waals surface area (Å²) in [5.74, 6) is 0.593. The van der Waals surface area contributed by atoms with Gasteiger partial charge in [-0.1, -0.05) is 54.6 Å². The number of hydrogen-bond acceptors (Lipinski definition) is 4. The third-order valence-corrected chi connectivity index (χ3v) is 5.58. The Labute approximate surface area is 179 Å². The Bertz CT molecular complexity index is 1310. The molecule has 31 heavy (non-hydrogen) atoms. The van der Waals surface area contributed by atoms with Crippen LogP contribution in [0.15, 0.2) is 88.1 Å². The second kappa shape index (κ2) is 7.76. The maximum absolute atomic E-state index is 13.5. The smallest absolute Gasteiger partial charge is 0.291 e. The number of fused-ring (bicyclic) bond motifs is 2. The van der Waals surface area contributed by atoms with E-state index in [4.69, 9.17) is 9.15 Å². The van der Waals surface area contributed by atoms with Crippen LogP contribution in [0.4, 0.5) is 0 Å². The summed E-state index contributed by atoms with van der Waals surface area (Å²) in [7, 11) is 0. The monoisotopic (exact) mass is 411 g/mol. The van der Waals surface area contributed by atoms with E-state index in [9.17, 15) is 9.59 Å². The first kappa shape index (κ1) is 19.1. The summed E-state index contributed by atoms with van der Waals surface area (Å²) in [6.45, 7) is 2.87. The van der Waals surface area contributed by atoms with Crippen molar-refractivity contribution in [3.8, 4) is 5.75 Å². The lowest BCUT2D eigenvalue weighted by Gasteiger charge is -2.25. The van der Waals surface area contributed by atoms with Crippen molar-refractivity contribution in [2.45, 2.75) is 19.5 Å². The molecule has 0 aliphatic carbocycles. The average Bonchev–Trinajstić information content (AvgIpc) is 3.07. The van der Waals surface area contributed by atoms with Crippen LogP contribution in [0.5, 0.6) is 5.75 Å². The fraction of sp³-hybridized carbons (Fsp3) is 0.154. The molecular weight excluding hydrogens is 390 g/mol. The van der Waals surface area contributed by atoms with Crippen LogP contribution in [-0.2, 0) is 6.54 Å². The molecule has 1 atom stereocenters. The summed E-state index contributed by atoms with van der Waals surface area (Å²) in [6, 6.07) is 23.8. The summed E-state index contributed by atoms with van der Waals surface area (Å²) < 4.78 is 11.5. The summed E-state index contributed by atoms with van der Waals surface area (Å²) in [5, 5.41) is 0.478. The zero-order chi connectivity index (χ0) is 21.4. The van der Waals surface area contributed by atoms with Crippen molar-refractivity contribution in [2.75, 3.05) is 6.61 Å². The Kier molecular flexibility index (Phi) is 4.79. The Morgan fingerprint density at radius 2 is 1.61 bits per heavy atom. The Morgan fingerprint density at radius 1 is 0.903 bits per heavy atom. The molecule has 0 radical (unpaired) electrons. The van der Waals surface area contributed by atoms with Gasteiger partial charge in [-0.25, -0.2) is 0 Å². The van der Waals surface area contributed by atoms with E-state index >= 15 is 0 Å². The highest BCUT2D eigenvalue weighted by Gasteiger charge is 2.42. The van der Waals surface area contributed by atoms with Gasteiger partial charge in [-0.3, -0.25) is 9.59 Å². The quantitative estimate of drug-likeness (QED) is 0.467. The van der Waals surface area contributed by atoms with E-state index in [0.29, 0.717) is 29.7 Å². The SMILES string of the molecule is CCOc1ccc(C2c3c(oc4ccccc4c3=O)C(=O)N2Cc2ccccc2)cc1. The fourth-order valence-corrected chi connectivity index (χ4v) is 4.17. The first-order valence-corrected chi connectivity index (χ1v) is 10.3. The molecule has 154 valence electrons. The summed E-state index contributed by atoms with van der Waals surface area (Å²) in [6.07, 6.45) is 0. The van der Waals surface area contributed by atoms with Gasteiger partial charge in [-0.2, -0.15) is 0 Å². The van der Waals surface area contributed by atoms with Crippen molar-refractivity contribution in [3.63, 3.8) is 0 Å². The van der Waals surface area contributed by atoms with Crippen molar-refractivity contribution < 1.29 is 13.9 Å². The predicted octanol–water partition coefficient (Wildman–Crippen LogP) is 4.94. The van der Waals surface area contributed by atoms with E-state index in [1.165, 1.54) is 0 Å². The van der Waals surface area contributed by atoms with Crippen LogP contribution in [0.3, 0.4) is 0 Å². The van der Waals surface area contributed by atoms with Crippen LogP contribution < -0.4 is 10.2 Å². The lowest BCUT2D eigenvalue weighted by Crippen LogP contribution is -2.29. The average molecular weight is 411 g/mol. The third kappa shape index (κ3) is 3.28.